The lowest BCUT2D eigenvalue weighted by Crippen LogP contribution is -2.40. The van der Waals surface area contributed by atoms with E-state index in [2.05, 4.69) is 15.4 Å². The average molecular weight is 452 g/mol. The molecule has 0 unspecified atom stereocenters. The molecule has 2 amide bonds. The average Bonchev–Trinajstić information content (AvgIpc) is 2.81. The summed E-state index contributed by atoms with van der Waals surface area (Å²) in [6.07, 6.45) is 0. The maximum Gasteiger partial charge on any atom is 0.251 e. The molecular weight excluding hydrogens is 426 g/mol. The Labute approximate surface area is 187 Å². The molecule has 0 radical (unpaired) electrons. The molecule has 0 aromatic heterocycles. The van der Waals surface area contributed by atoms with Gasteiger partial charge in [-0.2, -0.15) is 0 Å². The largest absolute Gasteiger partial charge is 0.353 e. The fraction of sp³-hybridized carbons (Fsp3) is 0.167. The molecule has 0 bridgehead atoms. The Morgan fingerprint density at radius 1 is 0.750 bits per heavy atom. The van der Waals surface area contributed by atoms with Gasteiger partial charge in [0.15, 0.2) is 0 Å². The number of aryl methyl sites for hydroxylation is 1. The zero-order chi connectivity index (χ0) is 23.0. The topological polar surface area (TPSA) is 104 Å². The fourth-order valence-corrected chi connectivity index (χ4v) is 3.99. The van der Waals surface area contributed by atoms with E-state index < -0.39 is 15.9 Å². The molecule has 0 aliphatic heterocycles. The summed E-state index contributed by atoms with van der Waals surface area (Å²) < 4.78 is 26.8. The number of nitrogens with one attached hydrogen (secondary N) is 3. The van der Waals surface area contributed by atoms with Crippen LogP contribution in [-0.2, 0) is 14.8 Å². The Balaban J connectivity index is 1.40. The molecular formula is C24H25N3O4S. The molecule has 3 aromatic rings. The minimum atomic E-state index is -3.63. The van der Waals surface area contributed by atoms with Crippen LogP contribution in [0.25, 0.3) is 11.1 Å². The zero-order valence-electron chi connectivity index (χ0n) is 17.7. The summed E-state index contributed by atoms with van der Waals surface area (Å²) in [7, 11) is -3.63. The van der Waals surface area contributed by atoms with Crippen molar-refractivity contribution in [3.05, 3.63) is 90.0 Å². The first-order chi connectivity index (χ1) is 15.3. The third-order valence-corrected chi connectivity index (χ3v) is 6.21. The van der Waals surface area contributed by atoms with Crippen LogP contribution in [0.2, 0.25) is 0 Å². The molecule has 7 nitrogen and oxygen atoms in total. The van der Waals surface area contributed by atoms with Crippen LogP contribution < -0.4 is 15.4 Å². The molecule has 0 spiro atoms. The molecule has 3 rings (SSSR count). The van der Waals surface area contributed by atoms with Crippen LogP contribution in [0.3, 0.4) is 0 Å². The molecule has 0 atom stereocenters. The Bertz CT molecular complexity index is 1160. The predicted molar refractivity (Wildman–Crippen MR) is 124 cm³/mol. The van der Waals surface area contributed by atoms with Crippen LogP contribution in [0.5, 0.6) is 0 Å². The molecule has 3 aromatic carbocycles. The first kappa shape index (κ1) is 23.2. The van der Waals surface area contributed by atoms with E-state index >= 15 is 0 Å². The van der Waals surface area contributed by atoms with Crippen molar-refractivity contribution in [1.82, 2.24) is 15.4 Å². The molecule has 0 saturated carbocycles. The number of carbonyl (C=O) groups is 2. The van der Waals surface area contributed by atoms with E-state index in [9.17, 15) is 18.0 Å². The monoisotopic (exact) mass is 451 g/mol. The van der Waals surface area contributed by atoms with Crippen LogP contribution in [0.1, 0.15) is 15.9 Å². The van der Waals surface area contributed by atoms with Crippen LogP contribution >= 0.6 is 0 Å². The minimum absolute atomic E-state index is 0.0385. The molecule has 0 saturated heterocycles. The maximum atomic E-state index is 12.3. The first-order valence-corrected chi connectivity index (χ1v) is 11.6. The van der Waals surface area contributed by atoms with Gasteiger partial charge in [0.2, 0.25) is 15.9 Å². The molecule has 166 valence electrons. The van der Waals surface area contributed by atoms with Gasteiger partial charge in [0.05, 0.1) is 11.4 Å². The summed E-state index contributed by atoms with van der Waals surface area (Å²) in [5.74, 6) is -0.770. The van der Waals surface area contributed by atoms with Gasteiger partial charge >= 0.3 is 0 Å². The maximum absolute atomic E-state index is 12.3. The van der Waals surface area contributed by atoms with E-state index in [4.69, 9.17) is 0 Å². The quantitative estimate of drug-likeness (QED) is 0.435. The van der Waals surface area contributed by atoms with Crippen molar-refractivity contribution in [3.8, 4) is 11.1 Å². The standard InChI is InChI=1S/C24H25N3O4S/c1-18-7-13-22(14-8-18)32(30,31)27-16-15-25-23(28)17-26-24(29)21-11-9-20(10-12-21)19-5-3-2-4-6-19/h2-14,27H,15-17H2,1H3,(H,25,28)(H,26,29). The first-order valence-electron chi connectivity index (χ1n) is 10.1. The number of amides is 2. The smallest absolute Gasteiger partial charge is 0.251 e. The number of rotatable bonds is 9. The lowest BCUT2D eigenvalue weighted by atomic mass is 10.0. The van der Waals surface area contributed by atoms with Gasteiger partial charge in [0.25, 0.3) is 5.91 Å². The van der Waals surface area contributed by atoms with Crippen molar-refractivity contribution in [3.63, 3.8) is 0 Å². The van der Waals surface area contributed by atoms with Crippen molar-refractivity contribution in [2.24, 2.45) is 0 Å². The summed E-state index contributed by atoms with van der Waals surface area (Å²) in [6.45, 7) is 1.81. The lowest BCUT2D eigenvalue weighted by molar-refractivity contribution is -0.120. The highest BCUT2D eigenvalue weighted by atomic mass is 32.2. The van der Waals surface area contributed by atoms with Crippen LogP contribution in [0.15, 0.2) is 83.8 Å². The van der Waals surface area contributed by atoms with E-state index in [1.54, 1.807) is 24.3 Å². The van der Waals surface area contributed by atoms with Crippen molar-refractivity contribution in [2.75, 3.05) is 19.6 Å². The third-order valence-electron chi connectivity index (χ3n) is 4.73. The summed E-state index contributed by atoms with van der Waals surface area (Å²) in [5.41, 5.74) is 3.46. The zero-order valence-corrected chi connectivity index (χ0v) is 18.5. The second kappa shape index (κ2) is 10.7. The van der Waals surface area contributed by atoms with Crippen molar-refractivity contribution < 1.29 is 18.0 Å². The second-order valence-electron chi connectivity index (χ2n) is 7.19. The molecule has 0 fully saturated rings. The summed E-state index contributed by atoms with van der Waals surface area (Å²) in [6, 6.07) is 23.4. The van der Waals surface area contributed by atoms with Crippen LogP contribution in [-0.4, -0.2) is 39.9 Å². The van der Waals surface area contributed by atoms with Crippen molar-refractivity contribution >= 4 is 21.8 Å². The van der Waals surface area contributed by atoms with Gasteiger partial charge in [-0.15, -0.1) is 0 Å². The predicted octanol–water partition coefficient (Wildman–Crippen LogP) is 2.49. The fourth-order valence-electron chi connectivity index (χ4n) is 2.96. The summed E-state index contributed by atoms with van der Waals surface area (Å²) >= 11 is 0. The van der Waals surface area contributed by atoms with Gasteiger partial charge in [0.1, 0.15) is 0 Å². The van der Waals surface area contributed by atoms with Crippen LogP contribution in [0.4, 0.5) is 0 Å². The second-order valence-corrected chi connectivity index (χ2v) is 8.95. The molecule has 0 heterocycles. The molecule has 32 heavy (non-hydrogen) atoms. The van der Waals surface area contributed by atoms with E-state index in [0.717, 1.165) is 16.7 Å². The normalized spacial score (nSPS) is 11.0. The Morgan fingerprint density at radius 3 is 2.03 bits per heavy atom. The molecule has 0 aliphatic carbocycles. The Kier molecular flexibility index (Phi) is 7.75. The SMILES string of the molecule is Cc1ccc(S(=O)(=O)NCCNC(=O)CNC(=O)c2ccc(-c3ccccc3)cc2)cc1. The third kappa shape index (κ3) is 6.50. The van der Waals surface area contributed by atoms with Gasteiger partial charge < -0.3 is 10.6 Å². The van der Waals surface area contributed by atoms with Gasteiger partial charge in [-0.1, -0.05) is 60.2 Å². The Hall–Kier alpha value is -3.49. The van der Waals surface area contributed by atoms with E-state index in [0.29, 0.717) is 5.56 Å². The summed E-state index contributed by atoms with van der Waals surface area (Å²) in [4.78, 5) is 24.4. The number of benzene rings is 3. The molecule has 8 heteroatoms. The molecule has 0 aliphatic rings. The lowest BCUT2D eigenvalue weighted by Gasteiger charge is -2.09. The number of carbonyl (C=O) groups excluding carboxylic acids is 2. The van der Waals surface area contributed by atoms with E-state index in [1.807, 2.05) is 49.4 Å². The van der Waals surface area contributed by atoms with E-state index in [1.165, 1.54) is 12.1 Å². The number of hydrogen-bond donors (Lipinski definition) is 3. The molecule has 3 N–H and O–H groups in total. The highest BCUT2D eigenvalue weighted by Crippen LogP contribution is 2.19. The summed E-state index contributed by atoms with van der Waals surface area (Å²) in [5, 5.41) is 5.13. The van der Waals surface area contributed by atoms with E-state index in [-0.39, 0.29) is 30.4 Å². The van der Waals surface area contributed by atoms with Gasteiger partial charge in [-0.25, -0.2) is 13.1 Å². The van der Waals surface area contributed by atoms with Gasteiger partial charge in [-0.3, -0.25) is 9.59 Å². The number of sulfonamides is 1. The van der Waals surface area contributed by atoms with Gasteiger partial charge in [-0.05, 0) is 42.3 Å². The highest BCUT2D eigenvalue weighted by molar-refractivity contribution is 7.89. The Morgan fingerprint density at radius 2 is 1.38 bits per heavy atom. The van der Waals surface area contributed by atoms with Crippen LogP contribution in [0, 0.1) is 6.92 Å². The van der Waals surface area contributed by atoms with Crippen molar-refractivity contribution in [2.45, 2.75) is 11.8 Å². The van der Waals surface area contributed by atoms with Gasteiger partial charge in [0, 0.05) is 18.7 Å². The minimum Gasteiger partial charge on any atom is -0.353 e. The number of hydrogen-bond acceptors (Lipinski definition) is 4. The highest BCUT2D eigenvalue weighted by Gasteiger charge is 2.13. The van der Waals surface area contributed by atoms with Crippen molar-refractivity contribution in [1.29, 1.82) is 0 Å².